The quantitative estimate of drug-likeness (QED) is 0.736. The second-order valence-electron chi connectivity index (χ2n) is 5.35. The van der Waals surface area contributed by atoms with Gasteiger partial charge in [0.1, 0.15) is 16.8 Å². The third-order valence-corrected chi connectivity index (χ3v) is 2.81. The van der Waals surface area contributed by atoms with Gasteiger partial charge in [0, 0.05) is 0 Å². The Morgan fingerprint density at radius 2 is 2.35 bits per heavy atom. The summed E-state index contributed by atoms with van der Waals surface area (Å²) in [6.07, 6.45) is 1.99. The van der Waals surface area contributed by atoms with Gasteiger partial charge in [-0.05, 0) is 39.3 Å². The number of nitrogens with zero attached hydrogens (tertiary/aromatic N) is 1. The van der Waals surface area contributed by atoms with Crippen molar-refractivity contribution in [1.82, 2.24) is 0 Å². The van der Waals surface area contributed by atoms with E-state index < -0.39 is 16.9 Å². The van der Waals surface area contributed by atoms with Gasteiger partial charge in [0.25, 0.3) is 0 Å². The fraction of sp³-hybridized carbons (Fsp3) is 0.538. The largest absolute Gasteiger partial charge is 0.468 e. The lowest BCUT2D eigenvalue weighted by molar-refractivity contribution is -0.156. The van der Waals surface area contributed by atoms with Crippen molar-refractivity contribution < 1.29 is 13.9 Å². The molecule has 1 fully saturated rings. The molecule has 0 spiro atoms. The van der Waals surface area contributed by atoms with Crippen molar-refractivity contribution in [3.63, 3.8) is 0 Å². The monoisotopic (exact) mass is 233 g/mol. The summed E-state index contributed by atoms with van der Waals surface area (Å²) in [6.45, 7) is 5.44. The van der Waals surface area contributed by atoms with Crippen molar-refractivity contribution in [2.24, 2.45) is 5.92 Å². The molecule has 4 heteroatoms. The molecule has 90 valence electrons. The second kappa shape index (κ2) is 3.63. The van der Waals surface area contributed by atoms with Crippen molar-refractivity contribution in [3.05, 3.63) is 24.2 Å². The standard InChI is InChI=1S/C13H15NO3/c1-12(2,3)17-11(15)9-7-13(9,8-14)10-5-4-6-16-10/h4-6,9H,7H2,1-3H3/t9-,13-/m0/s1. The molecule has 1 heterocycles. The van der Waals surface area contributed by atoms with Crippen molar-refractivity contribution in [2.75, 3.05) is 0 Å². The van der Waals surface area contributed by atoms with Crippen LogP contribution in [0.5, 0.6) is 0 Å². The Hall–Kier alpha value is -1.76. The lowest BCUT2D eigenvalue weighted by Crippen LogP contribution is -2.26. The van der Waals surface area contributed by atoms with E-state index in [4.69, 9.17) is 9.15 Å². The lowest BCUT2D eigenvalue weighted by atomic mass is 10.0. The molecule has 17 heavy (non-hydrogen) atoms. The van der Waals surface area contributed by atoms with Gasteiger partial charge in [-0.25, -0.2) is 0 Å². The van der Waals surface area contributed by atoms with Gasteiger partial charge in [0.15, 0.2) is 0 Å². The Morgan fingerprint density at radius 1 is 1.65 bits per heavy atom. The molecule has 0 amide bonds. The lowest BCUT2D eigenvalue weighted by Gasteiger charge is -2.19. The van der Waals surface area contributed by atoms with Crippen molar-refractivity contribution in [2.45, 2.75) is 38.2 Å². The van der Waals surface area contributed by atoms with Crippen LogP contribution < -0.4 is 0 Å². The fourth-order valence-electron chi connectivity index (χ4n) is 1.90. The molecule has 1 aliphatic rings. The highest BCUT2D eigenvalue weighted by Gasteiger charge is 2.63. The summed E-state index contributed by atoms with van der Waals surface area (Å²) in [4.78, 5) is 11.9. The number of carbonyl (C=O) groups is 1. The number of hydrogen-bond acceptors (Lipinski definition) is 4. The van der Waals surface area contributed by atoms with E-state index in [1.165, 1.54) is 6.26 Å². The van der Waals surface area contributed by atoms with E-state index in [0.29, 0.717) is 12.2 Å². The van der Waals surface area contributed by atoms with Gasteiger partial charge >= 0.3 is 5.97 Å². The molecule has 1 saturated carbocycles. The molecule has 1 aliphatic carbocycles. The number of hydrogen-bond donors (Lipinski definition) is 0. The highest BCUT2D eigenvalue weighted by atomic mass is 16.6. The molecule has 0 N–H and O–H groups in total. The average Bonchev–Trinajstić information content (AvgIpc) is 2.72. The zero-order chi connectivity index (χ0) is 12.7. The SMILES string of the molecule is CC(C)(C)OC(=O)[C@@H]1C[C@@]1(C#N)c1ccco1. The van der Waals surface area contributed by atoms with Crippen LogP contribution in [-0.4, -0.2) is 11.6 Å². The molecule has 0 radical (unpaired) electrons. The Bertz CT molecular complexity index is 464. The molecule has 1 aromatic rings. The first-order valence-electron chi connectivity index (χ1n) is 5.57. The third kappa shape index (κ3) is 2.05. The van der Waals surface area contributed by atoms with Gasteiger partial charge in [-0.2, -0.15) is 5.26 Å². The summed E-state index contributed by atoms with van der Waals surface area (Å²) in [5, 5.41) is 9.23. The Labute approximate surface area is 100 Å². The van der Waals surface area contributed by atoms with Crippen LogP contribution in [0.1, 0.15) is 33.0 Å². The maximum absolute atomic E-state index is 11.9. The van der Waals surface area contributed by atoms with E-state index >= 15 is 0 Å². The maximum atomic E-state index is 11.9. The van der Waals surface area contributed by atoms with E-state index in [2.05, 4.69) is 6.07 Å². The molecule has 2 atom stereocenters. The molecule has 0 unspecified atom stereocenters. The van der Waals surface area contributed by atoms with Crippen LogP contribution in [-0.2, 0) is 14.9 Å². The third-order valence-electron chi connectivity index (χ3n) is 2.81. The zero-order valence-corrected chi connectivity index (χ0v) is 10.2. The molecule has 0 saturated heterocycles. The van der Waals surface area contributed by atoms with E-state index in [9.17, 15) is 10.1 Å². The highest BCUT2D eigenvalue weighted by Crippen LogP contribution is 2.54. The molecular weight excluding hydrogens is 218 g/mol. The fourth-order valence-corrected chi connectivity index (χ4v) is 1.90. The summed E-state index contributed by atoms with van der Waals surface area (Å²) in [6, 6.07) is 5.63. The predicted octanol–water partition coefficient (Wildman–Crippen LogP) is 2.40. The number of ether oxygens (including phenoxy) is 1. The second-order valence-corrected chi connectivity index (χ2v) is 5.35. The predicted molar refractivity (Wildman–Crippen MR) is 60.0 cm³/mol. The zero-order valence-electron chi connectivity index (χ0n) is 10.2. The van der Waals surface area contributed by atoms with Crippen LogP contribution in [0.25, 0.3) is 0 Å². The van der Waals surface area contributed by atoms with Gasteiger partial charge in [-0.3, -0.25) is 4.79 Å². The van der Waals surface area contributed by atoms with Gasteiger partial charge < -0.3 is 9.15 Å². The van der Waals surface area contributed by atoms with Crippen LogP contribution in [0.4, 0.5) is 0 Å². The molecule has 1 aromatic heterocycles. The van der Waals surface area contributed by atoms with Crippen molar-refractivity contribution in [3.8, 4) is 6.07 Å². The van der Waals surface area contributed by atoms with Crippen LogP contribution >= 0.6 is 0 Å². The number of carbonyl (C=O) groups excluding carboxylic acids is 1. The maximum Gasteiger partial charge on any atom is 0.311 e. The number of nitriles is 1. The summed E-state index contributed by atoms with van der Waals surface area (Å²) >= 11 is 0. The molecule has 2 rings (SSSR count). The minimum atomic E-state index is -0.814. The number of rotatable bonds is 2. The summed E-state index contributed by atoms with van der Waals surface area (Å²) in [5.74, 6) is -0.177. The van der Waals surface area contributed by atoms with Crippen molar-refractivity contribution in [1.29, 1.82) is 5.26 Å². The Morgan fingerprint density at radius 3 is 2.82 bits per heavy atom. The highest BCUT2D eigenvalue weighted by molar-refractivity contribution is 5.80. The molecular formula is C13H15NO3. The molecule has 0 aliphatic heterocycles. The van der Waals surface area contributed by atoms with E-state index in [1.54, 1.807) is 12.1 Å². The Balaban J connectivity index is 2.13. The summed E-state index contributed by atoms with van der Waals surface area (Å²) in [7, 11) is 0. The van der Waals surface area contributed by atoms with E-state index in [-0.39, 0.29) is 5.97 Å². The van der Waals surface area contributed by atoms with Gasteiger partial charge in [-0.1, -0.05) is 0 Å². The van der Waals surface area contributed by atoms with E-state index in [1.807, 2.05) is 20.8 Å². The molecule has 0 bridgehead atoms. The van der Waals surface area contributed by atoms with Gasteiger partial charge in [0.2, 0.25) is 0 Å². The normalized spacial score (nSPS) is 27.3. The van der Waals surface area contributed by atoms with Crippen LogP contribution in [0, 0.1) is 17.2 Å². The Kier molecular flexibility index (Phi) is 2.50. The first-order chi connectivity index (χ1) is 7.89. The van der Waals surface area contributed by atoms with Crippen LogP contribution in [0.15, 0.2) is 22.8 Å². The smallest absolute Gasteiger partial charge is 0.311 e. The first kappa shape index (κ1) is 11.7. The number of esters is 1. The van der Waals surface area contributed by atoms with E-state index in [0.717, 1.165) is 0 Å². The van der Waals surface area contributed by atoms with Crippen LogP contribution in [0.3, 0.4) is 0 Å². The number of furan rings is 1. The minimum Gasteiger partial charge on any atom is -0.468 e. The summed E-state index contributed by atoms with van der Waals surface area (Å²) in [5.41, 5.74) is -1.34. The van der Waals surface area contributed by atoms with Crippen LogP contribution in [0.2, 0.25) is 0 Å². The first-order valence-corrected chi connectivity index (χ1v) is 5.57. The van der Waals surface area contributed by atoms with Crippen molar-refractivity contribution >= 4 is 5.97 Å². The average molecular weight is 233 g/mol. The topological polar surface area (TPSA) is 63.2 Å². The minimum absolute atomic E-state index is 0.324. The molecule has 4 nitrogen and oxygen atoms in total. The summed E-state index contributed by atoms with van der Waals surface area (Å²) < 4.78 is 10.5. The molecule has 0 aromatic carbocycles. The van der Waals surface area contributed by atoms with Gasteiger partial charge in [-0.15, -0.1) is 0 Å². The van der Waals surface area contributed by atoms with Gasteiger partial charge in [0.05, 0.1) is 18.3 Å².